The summed E-state index contributed by atoms with van der Waals surface area (Å²) in [5.41, 5.74) is 5.73. The van der Waals surface area contributed by atoms with Gasteiger partial charge in [-0.1, -0.05) is 80.6 Å². The highest BCUT2D eigenvalue weighted by molar-refractivity contribution is 6.15. The monoisotopic (exact) mass is 465 g/mol. The number of hydrogen-bond donors (Lipinski definition) is 1. The van der Waals surface area contributed by atoms with Crippen molar-refractivity contribution in [3.63, 3.8) is 0 Å². The molecule has 0 saturated carbocycles. The zero-order valence-corrected chi connectivity index (χ0v) is 20.3. The quantitative estimate of drug-likeness (QED) is 0.261. The molecular weight excluding hydrogens is 434 g/mol. The van der Waals surface area contributed by atoms with E-state index in [1.165, 1.54) is 0 Å². The Kier molecular flexibility index (Phi) is 7.84. The lowest BCUT2D eigenvalue weighted by atomic mass is 9.88. The number of Topliss-reactive ketones (excluding diaryl/α,β-unsaturated/α-hetero) is 2. The van der Waals surface area contributed by atoms with Crippen LogP contribution in [0.15, 0.2) is 78.9 Å². The molecule has 1 heterocycles. The molecule has 4 rings (SSSR count). The number of aliphatic hydroxyl groups is 1. The van der Waals surface area contributed by atoms with Crippen molar-refractivity contribution in [3.05, 3.63) is 90.0 Å². The van der Waals surface area contributed by atoms with Gasteiger partial charge in [0.05, 0.1) is 17.3 Å². The summed E-state index contributed by atoms with van der Waals surface area (Å²) >= 11 is 0. The maximum absolute atomic E-state index is 13.4. The van der Waals surface area contributed by atoms with Gasteiger partial charge in [-0.3, -0.25) is 9.59 Å². The van der Waals surface area contributed by atoms with Gasteiger partial charge in [-0.25, -0.2) is 4.98 Å². The van der Waals surface area contributed by atoms with Crippen molar-refractivity contribution < 1.29 is 14.7 Å². The van der Waals surface area contributed by atoms with E-state index in [1.54, 1.807) is 0 Å². The first-order valence-corrected chi connectivity index (χ1v) is 12.3. The standard InChI is InChI=1S/C31H31NO3/c1-3-24(33)16-17-25(34)19-21-15-18-27-26(20-21)30(28(35)4-2)29(22-11-7-5-8-12-22)31(32-27)23-13-9-6-10-14-23/h5-15,18,20,24,33H,3-4,16-17,19H2,1-2H3. The summed E-state index contributed by atoms with van der Waals surface area (Å²) in [7, 11) is 0. The predicted octanol–water partition coefficient (Wildman–Crippen LogP) is 6.82. The number of ketones is 2. The zero-order chi connectivity index (χ0) is 24.8. The van der Waals surface area contributed by atoms with Crippen LogP contribution < -0.4 is 0 Å². The van der Waals surface area contributed by atoms with E-state index in [1.807, 2.05) is 92.7 Å². The van der Waals surface area contributed by atoms with Gasteiger partial charge in [0.1, 0.15) is 5.78 Å². The van der Waals surface area contributed by atoms with Gasteiger partial charge in [-0.15, -0.1) is 0 Å². The molecule has 0 spiro atoms. The molecule has 1 aromatic heterocycles. The lowest BCUT2D eigenvalue weighted by Gasteiger charge is -2.18. The SMILES string of the molecule is CCC(=O)c1c(-c2ccccc2)c(-c2ccccc2)nc2ccc(CC(=O)CCC(O)CC)cc12. The summed E-state index contributed by atoms with van der Waals surface area (Å²) in [6.45, 7) is 3.78. The second-order valence-corrected chi connectivity index (χ2v) is 8.89. The van der Waals surface area contributed by atoms with E-state index in [0.29, 0.717) is 31.2 Å². The van der Waals surface area contributed by atoms with Crippen LogP contribution in [0.5, 0.6) is 0 Å². The molecule has 1 unspecified atom stereocenters. The molecule has 0 aliphatic carbocycles. The normalized spacial score (nSPS) is 12.0. The van der Waals surface area contributed by atoms with Crippen molar-refractivity contribution in [2.24, 2.45) is 0 Å². The number of fused-ring (bicyclic) bond motifs is 1. The van der Waals surface area contributed by atoms with E-state index in [-0.39, 0.29) is 18.0 Å². The minimum atomic E-state index is -0.446. The topological polar surface area (TPSA) is 67.3 Å². The van der Waals surface area contributed by atoms with Gasteiger partial charge in [0.25, 0.3) is 0 Å². The smallest absolute Gasteiger partial charge is 0.163 e. The molecule has 0 bridgehead atoms. The molecule has 4 nitrogen and oxygen atoms in total. The highest BCUT2D eigenvalue weighted by Crippen LogP contribution is 2.38. The van der Waals surface area contributed by atoms with E-state index in [2.05, 4.69) is 0 Å². The first-order chi connectivity index (χ1) is 17.0. The van der Waals surface area contributed by atoms with Crippen LogP contribution in [0.2, 0.25) is 0 Å². The van der Waals surface area contributed by atoms with Crippen LogP contribution in [-0.2, 0) is 11.2 Å². The maximum atomic E-state index is 13.4. The van der Waals surface area contributed by atoms with E-state index in [0.717, 1.165) is 38.9 Å². The minimum Gasteiger partial charge on any atom is -0.393 e. The summed E-state index contributed by atoms with van der Waals surface area (Å²) in [6, 6.07) is 25.6. The number of pyridine rings is 1. The Bertz CT molecular complexity index is 1330. The summed E-state index contributed by atoms with van der Waals surface area (Å²) in [5, 5.41) is 10.6. The predicted molar refractivity (Wildman–Crippen MR) is 141 cm³/mol. The number of rotatable bonds is 10. The van der Waals surface area contributed by atoms with Gasteiger partial charge in [0.2, 0.25) is 0 Å². The first kappa shape index (κ1) is 24.5. The van der Waals surface area contributed by atoms with Crippen LogP contribution in [0.1, 0.15) is 55.5 Å². The third-order valence-electron chi connectivity index (χ3n) is 6.39. The van der Waals surface area contributed by atoms with E-state index < -0.39 is 6.10 Å². The Hall–Kier alpha value is -3.63. The van der Waals surface area contributed by atoms with Crippen molar-refractivity contribution in [2.45, 2.75) is 52.1 Å². The summed E-state index contributed by atoms with van der Waals surface area (Å²) in [4.78, 5) is 31.0. The fourth-order valence-electron chi connectivity index (χ4n) is 4.43. The second-order valence-electron chi connectivity index (χ2n) is 8.89. The minimum absolute atomic E-state index is 0.0444. The molecule has 4 heteroatoms. The third-order valence-corrected chi connectivity index (χ3v) is 6.39. The molecule has 35 heavy (non-hydrogen) atoms. The molecule has 0 saturated heterocycles. The van der Waals surface area contributed by atoms with E-state index in [9.17, 15) is 14.7 Å². The fourth-order valence-corrected chi connectivity index (χ4v) is 4.43. The lowest BCUT2D eigenvalue weighted by Crippen LogP contribution is -2.10. The fraction of sp³-hybridized carbons (Fsp3) is 0.258. The van der Waals surface area contributed by atoms with Gasteiger partial charge in [-0.05, 0) is 36.1 Å². The summed E-state index contributed by atoms with van der Waals surface area (Å²) in [5.74, 6) is 0.125. The van der Waals surface area contributed by atoms with Crippen molar-refractivity contribution in [1.29, 1.82) is 0 Å². The van der Waals surface area contributed by atoms with Crippen LogP contribution >= 0.6 is 0 Å². The van der Waals surface area contributed by atoms with Crippen LogP contribution in [-0.4, -0.2) is 27.8 Å². The van der Waals surface area contributed by atoms with E-state index in [4.69, 9.17) is 4.98 Å². The summed E-state index contributed by atoms with van der Waals surface area (Å²) < 4.78 is 0. The number of aromatic nitrogens is 1. The number of carbonyl (C=O) groups excluding carboxylic acids is 2. The third kappa shape index (κ3) is 5.55. The van der Waals surface area contributed by atoms with Crippen LogP contribution in [0, 0.1) is 0 Å². The molecule has 178 valence electrons. The average molecular weight is 466 g/mol. The van der Waals surface area contributed by atoms with Crippen molar-refractivity contribution in [1.82, 2.24) is 4.98 Å². The van der Waals surface area contributed by atoms with Crippen molar-refractivity contribution in [3.8, 4) is 22.4 Å². The van der Waals surface area contributed by atoms with Gasteiger partial charge in [0, 0.05) is 41.3 Å². The molecule has 3 aromatic carbocycles. The first-order valence-electron chi connectivity index (χ1n) is 12.3. The largest absolute Gasteiger partial charge is 0.393 e. The molecule has 1 N–H and O–H groups in total. The molecule has 1 atom stereocenters. The van der Waals surface area contributed by atoms with Crippen molar-refractivity contribution in [2.75, 3.05) is 0 Å². The molecule has 0 fully saturated rings. The van der Waals surface area contributed by atoms with Gasteiger partial charge < -0.3 is 5.11 Å². The maximum Gasteiger partial charge on any atom is 0.163 e. The van der Waals surface area contributed by atoms with Gasteiger partial charge in [-0.2, -0.15) is 0 Å². The Morgan fingerprint density at radius 3 is 2.17 bits per heavy atom. The molecule has 0 amide bonds. The number of aliphatic hydroxyl groups excluding tert-OH is 1. The Morgan fingerprint density at radius 2 is 1.54 bits per heavy atom. The Morgan fingerprint density at radius 1 is 0.886 bits per heavy atom. The highest BCUT2D eigenvalue weighted by atomic mass is 16.3. The lowest BCUT2D eigenvalue weighted by molar-refractivity contribution is -0.119. The summed E-state index contributed by atoms with van der Waals surface area (Å²) in [6.07, 6.45) is 1.65. The number of carbonyl (C=O) groups is 2. The highest BCUT2D eigenvalue weighted by Gasteiger charge is 2.22. The van der Waals surface area contributed by atoms with Crippen molar-refractivity contribution >= 4 is 22.5 Å². The zero-order valence-electron chi connectivity index (χ0n) is 20.3. The van der Waals surface area contributed by atoms with Crippen LogP contribution in [0.25, 0.3) is 33.3 Å². The average Bonchev–Trinajstić information content (AvgIpc) is 2.91. The van der Waals surface area contributed by atoms with E-state index >= 15 is 0 Å². The Balaban J connectivity index is 1.89. The van der Waals surface area contributed by atoms with Gasteiger partial charge in [0.15, 0.2) is 5.78 Å². The number of benzene rings is 3. The number of hydrogen-bond acceptors (Lipinski definition) is 4. The second kappa shape index (κ2) is 11.2. The van der Waals surface area contributed by atoms with Gasteiger partial charge >= 0.3 is 0 Å². The molecule has 4 aromatic rings. The molecule has 0 aliphatic heterocycles. The Labute approximate surface area is 206 Å². The van der Waals surface area contributed by atoms with Crippen LogP contribution in [0.4, 0.5) is 0 Å². The van der Waals surface area contributed by atoms with Crippen LogP contribution in [0.3, 0.4) is 0 Å². The number of nitrogens with zero attached hydrogens (tertiary/aromatic N) is 1. The molecule has 0 aliphatic rings. The molecular formula is C31H31NO3. The molecule has 0 radical (unpaired) electrons.